The molecule has 0 saturated heterocycles. The first-order valence-electron chi connectivity index (χ1n) is 11.9. The highest BCUT2D eigenvalue weighted by atomic mass is 19.4. The van der Waals surface area contributed by atoms with Gasteiger partial charge in [-0.05, 0) is 50.6 Å². The molecule has 3 aromatic rings. The number of amides is 2. The zero-order valence-corrected chi connectivity index (χ0v) is 22.0. The van der Waals surface area contributed by atoms with Gasteiger partial charge in [0.05, 0.1) is 35.4 Å². The number of anilines is 4. The van der Waals surface area contributed by atoms with Crippen LogP contribution in [0, 0.1) is 17.0 Å². The Morgan fingerprint density at radius 1 is 1.07 bits per heavy atom. The molecular formula is C26H27F6N7O. The lowest BCUT2D eigenvalue weighted by molar-refractivity contribution is -0.137. The molecule has 0 unspecified atom stereocenters. The van der Waals surface area contributed by atoms with Crippen LogP contribution in [-0.2, 0) is 12.6 Å². The number of nitrogens with one attached hydrogen (secondary N) is 4. The fraction of sp³-hybridized carbons (Fsp3) is 0.308. The van der Waals surface area contributed by atoms with Crippen LogP contribution in [0.3, 0.4) is 0 Å². The number of hydrogen-bond donors (Lipinski definition) is 4. The maximum Gasteiger partial charge on any atom is 0.416 e. The average molecular weight is 568 g/mol. The van der Waals surface area contributed by atoms with E-state index in [1.807, 2.05) is 13.8 Å². The Morgan fingerprint density at radius 3 is 2.38 bits per heavy atom. The fourth-order valence-electron chi connectivity index (χ4n) is 4.16. The molecule has 1 aliphatic heterocycles. The van der Waals surface area contributed by atoms with E-state index in [0.29, 0.717) is 37.0 Å². The van der Waals surface area contributed by atoms with Gasteiger partial charge in [-0.25, -0.2) is 23.5 Å². The Labute approximate surface area is 226 Å². The number of carbonyl (C=O) groups is 1. The molecule has 4 rings (SSSR count). The molecule has 2 heterocycles. The van der Waals surface area contributed by atoms with Gasteiger partial charge in [0.1, 0.15) is 29.6 Å². The van der Waals surface area contributed by atoms with Crippen LogP contribution in [0.2, 0.25) is 0 Å². The first kappa shape index (κ1) is 30.2. The summed E-state index contributed by atoms with van der Waals surface area (Å²) in [5.74, 6) is -1.11. The third-order valence-corrected chi connectivity index (χ3v) is 5.90. The lowest BCUT2D eigenvalue weighted by Gasteiger charge is -2.20. The van der Waals surface area contributed by atoms with Gasteiger partial charge in [-0.3, -0.25) is 14.7 Å². The maximum absolute atomic E-state index is 15.7. The lowest BCUT2D eigenvalue weighted by Crippen LogP contribution is -2.33. The molecule has 0 bridgehead atoms. The predicted octanol–water partition coefficient (Wildman–Crippen LogP) is 6.23. The Hall–Kier alpha value is -4.36. The van der Waals surface area contributed by atoms with Crippen LogP contribution >= 0.6 is 0 Å². The van der Waals surface area contributed by atoms with Crippen LogP contribution < -0.4 is 20.9 Å². The van der Waals surface area contributed by atoms with E-state index in [1.54, 1.807) is 7.05 Å². The van der Waals surface area contributed by atoms with Gasteiger partial charge >= 0.3 is 12.2 Å². The Kier molecular flexibility index (Phi) is 9.22. The summed E-state index contributed by atoms with van der Waals surface area (Å²) in [5, 5.41) is 16.9. The molecule has 1 aromatic heterocycles. The zero-order valence-electron chi connectivity index (χ0n) is 22.0. The van der Waals surface area contributed by atoms with Crippen LogP contribution in [0.15, 0.2) is 36.7 Å². The first-order valence-corrected chi connectivity index (χ1v) is 11.9. The summed E-state index contributed by atoms with van der Waals surface area (Å²) in [6, 6.07) is 3.51. The van der Waals surface area contributed by atoms with Gasteiger partial charge in [0.15, 0.2) is 0 Å². The number of rotatable bonds is 6. The number of hydrogen-bond acceptors (Lipinski definition) is 6. The average Bonchev–Trinajstić information content (AvgIpc) is 3.35. The molecule has 0 fully saturated rings. The molecule has 0 saturated carbocycles. The monoisotopic (exact) mass is 567 g/mol. The van der Waals surface area contributed by atoms with Gasteiger partial charge in [-0.1, -0.05) is 0 Å². The Morgan fingerprint density at radius 2 is 1.75 bits per heavy atom. The molecule has 1 aliphatic rings. The second kappa shape index (κ2) is 12.2. The van der Waals surface area contributed by atoms with Crippen molar-refractivity contribution in [2.24, 2.45) is 0 Å². The van der Waals surface area contributed by atoms with Gasteiger partial charge in [0.2, 0.25) is 0 Å². The molecule has 0 spiro atoms. The summed E-state index contributed by atoms with van der Waals surface area (Å²) in [6.07, 6.45) is -3.32. The Bertz CT molecular complexity index is 1410. The van der Waals surface area contributed by atoms with Crippen molar-refractivity contribution in [3.8, 4) is 0 Å². The molecular weight excluding hydrogens is 540 g/mol. The normalized spacial score (nSPS) is 12.4. The van der Waals surface area contributed by atoms with Crippen LogP contribution in [0.25, 0.3) is 0 Å². The number of fused-ring (bicyclic) bond motifs is 1. The van der Waals surface area contributed by atoms with Crippen molar-refractivity contribution >= 4 is 34.8 Å². The third kappa shape index (κ3) is 6.10. The third-order valence-electron chi connectivity index (χ3n) is 5.90. The minimum Gasteiger partial charge on any atom is -0.372 e. The largest absolute Gasteiger partial charge is 0.416 e. The summed E-state index contributed by atoms with van der Waals surface area (Å²) < 4.78 is 78.4. The lowest BCUT2D eigenvalue weighted by atomic mass is 9.98. The number of alkyl halides is 4. The Balaban J connectivity index is 0.00000216. The molecule has 4 N–H and O–H groups in total. The summed E-state index contributed by atoms with van der Waals surface area (Å²) in [7, 11) is 2.11. The van der Waals surface area contributed by atoms with Crippen LogP contribution in [-0.4, -0.2) is 48.5 Å². The van der Waals surface area contributed by atoms with Crippen molar-refractivity contribution < 1.29 is 31.1 Å². The molecule has 214 valence electrons. The smallest absolute Gasteiger partial charge is 0.372 e. The fourth-order valence-corrected chi connectivity index (χ4v) is 4.16. The van der Waals surface area contributed by atoms with Crippen LogP contribution in [0.4, 0.5) is 54.1 Å². The SMILES string of the molecule is CF.CNc1ncnc(NC(C)C)c1C(=N)c1ccc2c(c1F)CCN2C(=O)Nc1cc(C(F)(F)F)ccc1F. The van der Waals surface area contributed by atoms with E-state index in [0.717, 1.165) is 4.90 Å². The highest BCUT2D eigenvalue weighted by Gasteiger charge is 2.33. The zero-order chi connectivity index (χ0) is 29.8. The van der Waals surface area contributed by atoms with E-state index in [1.165, 1.54) is 18.5 Å². The summed E-state index contributed by atoms with van der Waals surface area (Å²) in [4.78, 5) is 22.3. The minimum absolute atomic E-state index is 0.00578. The number of benzene rings is 2. The van der Waals surface area contributed by atoms with Crippen molar-refractivity contribution in [3.05, 3.63) is 70.5 Å². The molecule has 0 atom stereocenters. The van der Waals surface area contributed by atoms with Crippen molar-refractivity contribution in [1.29, 1.82) is 5.41 Å². The van der Waals surface area contributed by atoms with E-state index < -0.39 is 35.1 Å². The van der Waals surface area contributed by atoms with E-state index >= 15 is 4.39 Å². The van der Waals surface area contributed by atoms with Crippen molar-refractivity contribution in [2.45, 2.75) is 32.5 Å². The number of urea groups is 1. The minimum atomic E-state index is -4.72. The van der Waals surface area contributed by atoms with E-state index in [9.17, 15) is 26.7 Å². The van der Waals surface area contributed by atoms with Gasteiger partial charge in [0, 0.05) is 30.8 Å². The molecule has 2 amide bonds. The van der Waals surface area contributed by atoms with E-state index in [2.05, 4.69) is 25.9 Å². The second-order valence-electron chi connectivity index (χ2n) is 8.82. The number of nitrogens with zero attached hydrogens (tertiary/aromatic N) is 3. The molecule has 2 aromatic carbocycles. The van der Waals surface area contributed by atoms with Crippen molar-refractivity contribution in [1.82, 2.24) is 9.97 Å². The topological polar surface area (TPSA) is 106 Å². The number of halogens is 6. The molecule has 40 heavy (non-hydrogen) atoms. The molecule has 14 heteroatoms. The molecule has 8 nitrogen and oxygen atoms in total. The number of aromatic nitrogens is 2. The summed E-state index contributed by atoms with van der Waals surface area (Å²) >= 11 is 0. The highest BCUT2D eigenvalue weighted by Crippen LogP contribution is 2.36. The van der Waals surface area contributed by atoms with Gasteiger partial charge in [-0.2, -0.15) is 13.2 Å². The standard InChI is InChI=1S/C25H24F5N7O.CH3F/c1-12(2)35-23-19(22(32-3)33-11-34-23)21(31)15-5-7-18-14(20(15)27)8-9-37(18)24(38)36-17-10-13(25(28,29)30)4-6-16(17)26;1-2/h4-7,10-12,31H,8-9H2,1-3H3,(H,36,38)(H2,32,33,34,35);1H3. The summed E-state index contributed by atoms with van der Waals surface area (Å²) in [5.41, 5.74) is -1.43. The van der Waals surface area contributed by atoms with Gasteiger partial charge < -0.3 is 16.0 Å². The number of carbonyl (C=O) groups excluding carboxylic acids is 1. The molecule has 0 radical (unpaired) electrons. The maximum atomic E-state index is 15.7. The second-order valence-corrected chi connectivity index (χ2v) is 8.82. The first-order chi connectivity index (χ1) is 18.9. The van der Waals surface area contributed by atoms with Gasteiger partial charge in [-0.15, -0.1) is 0 Å². The van der Waals surface area contributed by atoms with Crippen LogP contribution in [0.1, 0.15) is 36.1 Å². The molecule has 0 aliphatic carbocycles. The highest BCUT2D eigenvalue weighted by molar-refractivity contribution is 6.17. The van der Waals surface area contributed by atoms with Crippen molar-refractivity contribution in [3.63, 3.8) is 0 Å². The van der Waals surface area contributed by atoms with Gasteiger partial charge in [0.25, 0.3) is 0 Å². The van der Waals surface area contributed by atoms with E-state index in [-0.39, 0.29) is 47.1 Å². The van der Waals surface area contributed by atoms with Crippen molar-refractivity contribution in [2.75, 3.05) is 41.6 Å². The predicted molar refractivity (Wildman–Crippen MR) is 141 cm³/mol. The van der Waals surface area contributed by atoms with E-state index in [4.69, 9.17) is 5.41 Å². The quantitative estimate of drug-likeness (QED) is 0.209. The summed E-state index contributed by atoms with van der Waals surface area (Å²) in [6.45, 7) is 3.77. The van der Waals surface area contributed by atoms with Crippen LogP contribution in [0.5, 0.6) is 0 Å².